The molecule has 3 heterocycles. The molecule has 0 bridgehead atoms. The maximum atomic E-state index is 13.1. The van der Waals surface area contributed by atoms with Crippen molar-refractivity contribution in [3.63, 3.8) is 0 Å². The van der Waals surface area contributed by atoms with Crippen LogP contribution in [0.25, 0.3) is 10.1 Å². The van der Waals surface area contributed by atoms with Gasteiger partial charge < -0.3 is 20.5 Å². The van der Waals surface area contributed by atoms with Crippen molar-refractivity contribution >= 4 is 44.6 Å². The van der Waals surface area contributed by atoms with Crippen LogP contribution in [0.2, 0.25) is 0 Å². The van der Waals surface area contributed by atoms with Gasteiger partial charge in [0, 0.05) is 34.2 Å². The summed E-state index contributed by atoms with van der Waals surface area (Å²) in [5.74, 6) is -0.234. The normalized spacial score (nSPS) is 18.8. The molecule has 3 aromatic rings. The second kappa shape index (κ2) is 7.74. The lowest BCUT2D eigenvalue weighted by atomic mass is 9.97. The van der Waals surface area contributed by atoms with Crippen LogP contribution in [-0.2, 0) is 16.1 Å². The number of hydrogen-bond donors (Lipinski definition) is 2. The maximum absolute atomic E-state index is 13.1. The second-order valence-electron chi connectivity index (χ2n) is 7.03. The Morgan fingerprint density at radius 1 is 1.34 bits per heavy atom. The van der Waals surface area contributed by atoms with Crippen molar-refractivity contribution in [2.45, 2.75) is 32.4 Å². The number of nitrogens with one attached hydrogen (secondary N) is 1. The van der Waals surface area contributed by atoms with Crippen LogP contribution in [-0.4, -0.2) is 35.6 Å². The van der Waals surface area contributed by atoms with Crippen LogP contribution in [0.4, 0.5) is 0 Å². The average molecular weight is 432 g/mol. The summed E-state index contributed by atoms with van der Waals surface area (Å²) in [6, 6.07) is 5.70. The minimum Gasteiger partial charge on any atom is -0.488 e. The smallest absolute Gasteiger partial charge is 0.253 e. The Bertz CT molecular complexity index is 1080. The molecule has 0 radical (unpaired) electrons. The number of ether oxygens (including phenoxy) is 2. The van der Waals surface area contributed by atoms with Gasteiger partial charge in [-0.3, -0.25) is 9.59 Å². The molecule has 3 N–H and O–H groups in total. The van der Waals surface area contributed by atoms with Gasteiger partial charge in [-0.15, -0.1) is 22.7 Å². The Morgan fingerprint density at radius 2 is 2.17 bits per heavy atom. The number of nitrogens with zero attached hydrogens (tertiary/aromatic N) is 1. The fourth-order valence-corrected chi connectivity index (χ4v) is 5.15. The molecule has 1 aliphatic heterocycles. The van der Waals surface area contributed by atoms with Crippen molar-refractivity contribution < 1.29 is 19.1 Å². The van der Waals surface area contributed by atoms with E-state index in [-0.39, 0.29) is 12.5 Å². The van der Waals surface area contributed by atoms with Crippen molar-refractivity contribution in [1.82, 2.24) is 10.3 Å². The Morgan fingerprint density at radius 3 is 2.83 bits per heavy atom. The van der Waals surface area contributed by atoms with Crippen molar-refractivity contribution in [3.8, 4) is 5.75 Å². The van der Waals surface area contributed by atoms with Gasteiger partial charge >= 0.3 is 0 Å². The van der Waals surface area contributed by atoms with Crippen molar-refractivity contribution in [3.05, 3.63) is 44.7 Å². The molecule has 1 unspecified atom stereocenters. The number of amides is 2. The fraction of sp³-hybridized carbons (Fsp3) is 0.350. The van der Waals surface area contributed by atoms with E-state index in [1.165, 1.54) is 11.3 Å². The first-order valence-electron chi connectivity index (χ1n) is 9.15. The van der Waals surface area contributed by atoms with E-state index >= 15 is 0 Å². The zero-order valence-corrected chi connectivity index (χ0v) is 17.7. The zero-order chi connectivity index (χ0) is 20.6. The Balaban J connectivity index is 1.60. The first kappa shape index (κ1) is 19.8. The summed E-state index contributed by atoms with van der Waals surface area (Å²) in [6.07, 6.45) is 2.18. The van der Waals surface area contributed by atoms with Crippen LogP contribution < -0.4 is 15.8 Å². The number of nitrogens with two attached hydrogens (primary N) is 1. The van der Waals surface area contributed by atoms with Crippen LogP contribution in [0.15, 0.2) is 24.4 Å². The quantitative estimate of drug-likeness (QED) is 0.625. The summed E-state index contributed by atoms with van der Waals surface area (Å²) in [6.45, 7) is 4.75. The van der Waals surface area contributed by atoms with E-state index in [1.54, 1.807) is 17.5 Å². The predicted molar refractivity (Wildman–Crippen MR) is 113 cm³/mol. The minimum absolute atomic E-state index is 0.0951. The van der Waals surface area contributed by atoms with Gasteiger partial charge in [0.15, 0.2) is 0 Å². The van der Waals surface area contributed by atoms with E-state index in [2.05, 4.69) is 10.3 Å². The van der Waals surface area contributed by atoms with Gasteiger partial charge in [0.2, 0.25) is 5.91 Å². The van der Waals surface area contributed by atoms with Gasteiger partial charge in [-0.05, 0) is 32.0 Å². The number of thiophene rings is 1. The molecular formula is C20H21N3O4S2. The molecule has 1 fully saturated rings. The van der Waals surface area contributed by atoms with Gasteiger partial charge in [0.05, 0.1) is 22.1 Å². The summed E-state index contributed by atoms with van der Waals surface area (Å²) in [5.41, 5.74) is 4.93. The summed E-state index contributed by atoms with van der Waals surface area (Å²) in [5, 5.41) is 4.61. The van der Waals surface area contributed by atoms with E-state index in [4.69, 9.17) is 15.2 Å². The van der Waals surface area contributed by atoms with E-state index in [0.717, 1.165) is 24.8 Å². The molecule has 1 saturated heterocycles. The first-order chi connectivity index (χ1) is 13.9. The summed E-state index contributed by atoms with van der Waals surface area (Å²) in [7, 11) is 0. The third-order valence-electron chi connectivity index (χ3n) is 4.96. The lowest BCUT2D eigenvalue weighted by Crippen LogP contribution is -2.58. The van der Waals surface area contributed by atoms with Gasteiger partial charge in [-0.2, -0.15) is 0 Å². The number of benzene rings is 1. The maximum Gasteiger partial charge on any atom is 0.253 e. The molecule has 2 aromatic heterocycles. The third-order valence-corrected chi connectivity index (χ3v) is 6.93. The first-order valence-corrected chi connectivity index (χ1v) is 10.8. The van der Waals surface area contributed by atoms with Crippen LogP contribution in [0, 0.1) is 13.8 Å². The molecule has 2 amide bonds. The van der Waals surface area contributed by atoms with Gasteiger partial charge in [-0.1, -0.05) is 0 Å². The largest absolute Gasteiger partial charge is 0.488 e. The summed E-state index contributed by atoms with van der Waals surface area (Å²) < 4.78 is 12.2. The topological polar surface area (TPSA) is 104 Å². The number of carbonyl (C=O) groups is 2. The molecule has 1 aliphatic rings. The molecule has 0 saturated carbocycles. The molecule has 4 rings (SSSR count). The Hall–Kier alpha value is -2.49. The van der Waals surface area contributed by atoms with Gasteiger partial charge in [0.25, 0.3) is 5.91 Å². The van der Waals surface area contributed by atoms with Gasteiger partial charge in [-0.25, -0.2) is 4.98 Å². The molecule has 1 atom stereocenters. The van der Waals surface area contributed by atoms with E-state index in [9.17, 15) is 9.59 Å². The molecular weight excluding hydrogens is 410 g/mol. The molecule has 0 aliphatic carbocycles. The number of aryl methyl sites for hydroxylation is 2. The van der Waals surface area contributed by atoms with E-state index in [0.29, 0.717) is 30.9 Å². The highest BCUT2D eigenvalue weighted by Crippen LogP contribution is 2.34. The van der Waals surface area contributed by atoms with Crippen molar-refractivity contribution in [2.24, 2.45) is 5.73 Å². The lowest BCUT2D eigenvalue weighted by Gasteiger charge is -2.25. The van der Waals surface area contributed by atoms with Crippen LogP contribution in [0.1, 0.15) is 31.5 Å². The summed E-state index contributed by atoms with van der Waals surface area (Å²) in [4.78, 5) is 31.2. The monoisotopic (exact) mass is 431 g/mol. The molecule has 7 nitrogen and oxygen atoms in total. The van der Waals surface area contributed by atoms with Gasteiger partial charge in [0.1, 0.15) is 17.9 Å². The number of fused-ring (bicyclic) bond motifs is 1. The standard InChI is InChI=1S/C20H21N3O4S2/c1-11-17(18(24)23-20(19(21)25)5-6-26-10-20)15-7-13(3-4-16(15)28-11)27-9-14-8-22-12(2)29-14/h3-4,7-8H,5-6,9-10H2,1-2H3,(H2,21,25)(H,23,24). The molecule has 9 heteroatoms. The molecule has 152 valence electrons. The number of hydrogen-bond acceptors (Lipinski definition) is 7. The number of primary amides is 1. The fourth-order valence-electron chi connectivity index (χ4n) is 3.40. The van der Waals surface area contributed by atoms with Crippen LogP contribution >= 0.6 is 22.7 Å². The third kappa shape index (κ3) is 3.85. The highest BCUT2D eigenvalue weighted by molar-refractivity contribution is 7.19. The molecule has 1 aromatic carbocycles. The zero-order valence-electron chi connectivity index (χ0n) is 16.1. The van der Waals surface area contributed by atoms with Crippen molar-refractivity contribution in [2.75, 3.05) is 13.2 Å². The number of rotatable bonds is 6. The number of aromatic nitrogens is 1. The van der Waals surface area contributed by atoms with Crippen LogP contribution in [0.5, 0.6) is 5.75 Å². The second-order valence-corrected chi connectivity index (χ2v) is 9.60. The average Bonchev–Trinajstić information content (AvgIpc) is 3.38. The number of carbonyl (C=O) groups excluding carboxylic acids is 2. The molecule has 29 heavy (non-hydrogen) atoms. The SMILES string of the molecule is Cc1ncc(COc2ccc3sc(C)c(C(=O)NC4(C(N)=O)CCOC4)c3c2)s1. The summed E-state index contributed by atoms with van der Waals surface area (Å²) >= 11 is 3.12. The lowest BCUT2D eigenvalue weighted by molar-refractivity contribution is -0.124. The van der Waals surface area contributed by atoms with Crippen LogP contribution in [0.3, 0.4) is 0 Å². The van der Waals surface area contributed by atoms with E-state index in [1.807, 2.05) is 32.0 Å². The van der Waals surface area contributed by atoms with E-state index < -0.39 is 11.4 Å². The minimum atomic E-state index is -1.16. The molecule has 0 spiro atoms. The highest BCUT2D eigenvalue weighted by Gasteiger charge is 2.42. The predicted octanol–water partition coefficient (Wildman–Crippen LogP) is 2.93. The number of thiazole rings is 1. The van der Waals surface area contributed by atoms with Crippen molar-refractivity contribution in [1.29, 1.82) is 0 Å². The Kier molecular flexibility index (Phi) is 5.28. The Labute approximate surface area is 175 Å². The highest BCUT2D eigenvalue weighted by atomic mass is 32.1.